The predicted octanol–water partition coefficient (Wildman–Crippen LogP) is 4.99. The number of fused-ring (bicyclic) bond motifs is 2. The average Bonchev–Trinajstić information content (AvgIpc) is 2.82. The van der Waals surface area contributed by atoms with Gasteiger partial charge in [0.1, 0.15) is 10.8 Å². The molecule has 0 saturated heterocycles. The van der Waals surface area contributed by atoms with Gasteiger partial charge < -0.3 is 10.2 Å². The summed E-state index contributed by atoms with van der Waals surface area (Å²) in [6.07, 6.45) is 1.66. The average molecular weight is 407 g/mol. The van der Waals surface area contributed by atoms with E-state index in [1.807, 2.05) is 26.0 Å². The topological polar surface area (TPSA) is 62.3 Å². The summed E-state index contributed by atoms with van der Waals surface area (Å²) in [4.78, 5) is 32.5. The molecule has 1 aliphatic rings. The van der Waals surface area contributed by atoms with Crippen molar-refractivity contribution >= 4 is 35.0 Å². The van der Waals surface area contributed by atoms with Gasteiger partial charge in [-0.15, -0.1) is 0 Å². The number of rotatable bonds is 3. The van der Waals surface area contributed by atoms with Gasteiger partial charge in [0.05, 0.1) is 11.3 Å². The Kier molecular flexibility index (Phi) is 5.07. The molecule has 146 valence electrons. The highest BCUT2D eigenvalue weighted by atomic mass is 32.2. The maximum atomic E-state index is 13.1. The molecular formula is C22H18FN3O2S. The van der Waals surface area contributed by atoms with E-state index < -0.39 is 5.82 Å². The number of amides is 2. The first-order valence-electron chi connectivity index (χ1n) is 9.11. The molecule has 7 heteroatoms. The molecule has 5 nitrogen and oxygen atoms in total. The molecule has 0 radical (unpaired) electrons. The molecule has 0 spiro atoms. The minimum Gasteiger partial charge on any atom is -0.322 e. The quantitative estimate of drug-likeness (QED) is 0.664. The van der Waals surface area contributed by atoms with Gasteiger partial charge in [0.25, 0.3) is 11.8 Å². The number of benzene rings is 2. The molecule has 0 aliphatic carbocycles. The number of hydrogen-bond donors (Lipinski definition) is 1. The Morgan fingerprint density at radius 1 is 1.14 bits per heavy atom. The van der Waals surface area contributed by atoms with Crippen molar-refractivity contribution in [2.24, 2.45) is 0 Å². The van der Waals surface area contributed by atoms with E-state index in [4.69, 9.17) is 0 Å². The summed E-state index contributed by atoms with van der Waals surface area (Å²) in [5.41, 5.74) is 2.27. The summed E-state index contributed by atoms with van der Waals surface area (Å²) < 4.78 is 13.1. The van der Waals surface area contributed by atoms with Crippen molar-refractivity contribution < 1.29 is 14.0 Å². The number of carbonyl (C=O) groups is 2. The summed E-state index contributed by atoms with van der Waals surface area (Å²) in [6.45, 7) is 3.91. The van der Waals surface area contributed by atoms with Gasteiger partial charge in [-0.25, -0.2) is 9.37 Å². The maximum Gasteiger partial charge on any atom is 0.261 e. The molecule has 1 aromatic heterocycles. The fourth-order valence-corrected chi connectivity index (χ4v) is 4.21. The Morgan fingerprint density at radius 2 is 1.90 bits per heavy atom. The molecule has 1 aliphatic heterocycles. The van der Waals surface area contributed by atoms with Crippen LogP contribution in [0.4, 0.5) is 15.8 Å². The van der Waals surface area contributed by atoms with Crippen LogP contribution in [0.2, 0.25) is 0 Å². The predicted molar refractivity (Wildman–Crippen MR) is 111 cm³/mol. The Labute approximate surface area is 172 Å². The third-order valence-electron chi connectivity index (χ3n) is 4.53. The number of aromatic nitrogens is 1. The van der Waals surface area contributed by atoms with Gasteiger partial charge in [0.2, 0.25) is 0 Å². The van der Waals surface area contributed by atoms with E-state index in [0.29, 0.717) is 21.8 Å². The third-order valence-corrected chi connectivity index (χ3v) is 5.59. The summed E-state index contributed by atoms with van der Waals surface area (Å²) in [6, 6.07) is 14.2. The third kappa shape index (κ3) is 3.73. The van der Waals surface area contributed by atoms with Crippen molar-refractivity contribution in [1.82, 2.24) is 4.98 Å². The molecule has 3 aromatic rings. The molecule has 29 heavy (non-hydrogen) atoms. The molecule has 0 saturated carbocycles. The van der Waals surface area contributed by atoms with Crippen LogP contribution in [0.3, 0.4) is 0 Å². The Bertz CT molecular complexity index is 1100. The van der Waals surface area contributed by atoms with Crippen LogP contribution in [0, 0.1) is 5.82 Å². The molecule has 0 unspecified atom stereocenters. The first kappa shape index (κ1) is 19.1. The zero-order valence-corrected chi connectivity index (χ0v) is 16.7. The molecular weight excluding hydrogens is 389 g/mol. The van der Waals surface area contributed by atoms with Crippen LogP contribution >= 0.6 is 11.8 Å². The van der Waals surface area contributed by atoms with Gasteiger partial charge in [-0.2, -0.15) is 0 Å². The number of pyridine rings is 1. The summed E-state index contributed by atoms with van der Waals surface area (Å²) in [5.74, 6) is -0.830. The SMILES string of the molecule is CC(C)N1C(=O)c2cccnc2Sc2cc(NC(=O)c3ccc(F)cc3)ccc21. The summed E-state index contributed by atoms with van der Waals surface area (Å²) in [7, 11) is 0. The normalized spacial score (nSPS) is 13.0. The number of nitrogens with zero attached hydrogens (tertiary/aromatic N) is 2. The second kappa shape index (κ2) is 7.67. The van der Waals surface area contributed by atoms with E-state index in [1.165, 1.54) is 36.0 Å². The van der Waals surface area contributed by atoms with E-state index in [1.54, 1.807) is 29.3 Å². The van der Waals surface area contributed by atoms with E-state index in [-0.39, 0.29) is 17.9 Å². The summed E-state index contributed by atoms with van der Waals surface area (Å²) >= 11 is 1.39. The first-order valence-corrected chi connectivity index (χ1v) is 9.93. The fourth-order valence-electron chi connectivity index (χ4n) is 3.17. The van der Waals surface area contributed by atoms with Gasteiger partial charge in [0, 0.05) is 28.4 Å². The standard InChI is InChI=1S/C22H18FN3O2S/c1-13(2)26-18-10-9-16(25-20(27)14-5-7-15(23)8-6-14)12-19(18)29-21-17(22(26)28)4-3-11-24-21/h3-13H,1-2H3,(H,25,27). The highest BCUT2D eigenvalue weighted by Gasteiger charge is 2.30. The van der Waals surface area contributed by atoms with Crippen molar-refractivity contribution in [3.8, 4) is 0 Å². The van der Waals surface area contributed by atoms with E-state index in [9.17, 15) is 14.0 Å². The second-order valence-corrected chi connectivity index (χ2v) is 7.90. The van der Waals surface area contributed by atoms with Gasteiger partial charge in [-0.3, -0.25) is 9.59 Å². The van der Waals surface area contributed by atoms with Crippen molar-refractivity contribution in [3.05, 3.63) is 77.7 Å². The molecule has 2 heterocycles. The van der Waals surface area contributed by atoms with Crippen LogP contribution < -0.4 is 10.2 Å². The lowest BCUT2D eigenvalue weighted by Gasteiger charge is -2.27. The first-order chi connectivity index (χ1) is 13.9. The summed E-state index contributed by atoms with van der Waals surface area (Å²) in [5, 5.41) is 3.46. The van der Waals surface area contributed by atoms with Crippen LogP contribution in [0.15, 0.2) is 70.7 Å². The Morgan fingerprint density at radius 3 is 2.62 bits per heavy atom. The van der Waals surface area contributed by atoms with Crippen molar-refractivity contribution in [3.63, 3.8) is 0 Å². The zero-order valence-electron chi connectivity index (χ0n) is 15.8. The van der Waals surface area contributed by atoms with Gasteiger partial charge in [-0.05, 0) is 68.4 Å². The monoisotopic (exact) mass is 407 g/mol. The molecule has 1 N–H and O–H groups in total. The molecule has 0 atom stereocenters. The van der Waals surface area contributed by atoms with Crippen molar-refractivity contribution in [2.45, 2.75) is 29.8 Å². The number of nitrogens with one attached hydrogen (secondary N) is 1. The largest absolute Gasteiger partial charge is 0.322 e. The Balaban J connectivity index is 1.70. The van der Waals surface area contributed by atoms with Crippen LogP contribution in [0.1, 0.15) is 34.6 Å². The Hall–Kier alpha value is -3.19. The lowest BCUT2D eigenvalue weighted by Crippen LogP contribution is -2.37. The van der Waals surface area contributed by atoms with Crippen LogP contribution in [0.5, 0.6) is 0 Å². The molecule has 0 fully saturated rings. The minimum atomic E-state index is -0.396. The smallest absolute Gasteiger partial charge is 0.261 e. The zero-order chi connectivity index (χ0) is 20.5. The highest BCUT2D eigenvalue weighted by Crippen LogP contribution is 2.42. The molecule has 4 rings (SSSR count). The van der Waals surface area contributed by atoms with Crippen LogP contribution in [0.25, 0.3) is 0 Å². The number of carbonyl (C=O) groups excluding carboxylic acids is 2. The van der Waals surface area contributed by atoms with Crippen molar-refractivity contribution in [2.75, 3.05) is 10.2 Å². The molecule has 0 bridgehead atoms. The second-order valence-electron chi connectivity index (χ2n) is 6.87. The number of anilines is 2. The fraction of sp³-hybridized carbons (Fsp3) is 0.136. The minimum absolute atomic E-state index is 0.0485. The van der Waals surface area contributed by atoms with Gasteiger partial charge >= 0.3 is 0 Å². The highest BCUT2D eigenvalue weighted by molar-refractivity contribution is 7.99. The lowest BCUT2D eigenvalue weighted by molar-refractivity contribution is 0.0975. The number of halogens is 1. The van der Waals surface area contributed by atoms with Gasteiger partial charge in [0.15, 0.2) is 0 Å². The van der Waals surface area contributed by atoms with Crippen molar-refractivity contribution in [1.29, 1.82) is 0 Å². The lowest BCUT2D eigenvalue weighted by atomic mass is 10.1. The van der Waals surface area contributed by atoms with E-state index >= 15 is 0 Å². The van der Waals surface area contributed by atoms with E-state index in [2.05, 4.69) is 10.3 Å². The van der Waals surface area contributed by atoms with Crippen LogP contribution in [-0.4, -0.2) is 22.8 Å². The number of hydrogen-bond acceptors (Lipinski definition) is 4. The van der Waals surface area contributed by atoms with Gasteiger partial charge in [-0.1, -0.05) is 11.8 Å². The molecule has 2 aromatic carbocycles. The van der Waals surface area contributed by atoms with Crippen LogP contribution in [-0.2, 0) is 0 Å². The van der Waals surface area contributed by atoms with E-state index in [0.717, 1.165) is 10.6 Å². The molecule has 2 amide bonds. The maximum absolute atomic E-state index is 13.1.